The SMILES string of the molecule is COc1ccc2nccc([C@@H](F)CC[C@@H]3CCN(CCCc4ccco4)C[C@@H]3CC(=O)O)c2c1. The van der Waals surface area contributed by atoms with E-state index in [0.717, 1.165) is 55.6 Å². The molecule has 0 saturated carbocycles. The van der Waals surface area contributed by atoms with Crippen LogP contribution in [-0.4, -0.2) is 47.7 Å². The highest BCUT2D eigenvalue weighted by molar-refractivity contribution is 5.83. The van der Waals surface area contributed by atoms with Gasteiger partial charge in [0.25, 0.3) is 0 Å². The number of rotatable bonds is 11. The number of furan rings is 1. The number of benzene rings is 1. The van der Waals surface area contributed by atoms with E-state index in [1.165, 1.54) is 0 Å². The van der Waals surface area contributed by atoms with Crippen LogP contribution < -0.4 is 4.74 Å². The number of hydrogen-bond acceptors (Lipinski definition) is 5. The summed E-state index contributed by atoms with van der Waals surface area (Å²) in [6.07, 6.45) is 6.13. The summed E-state index contributed by atoms with van der Waals surface area (Å²) in [4.78, 5) is 18.2. The van der Waals surface area contributed by atoms with Crippen LogP contribution >= 0.6 is 0 Å². The van der Waals surface area contributed by atoms with E-state index in [9.17, 15) is 9.90 Å². The fourth-order valence-corrected chi connectivity index (χ4v) is 5.19. The Kier molecular flexibility index (Phi) is 8.16. The molecular formula is C27H33FN2O4. The van der Waals surface area contributed by atoms with Gasteiger partial charge in [-0.05, 0) is 92.6 Å². The van der Waals surface area contributed by atoms with Crippen molar-refractivity contribution in [2.75, 3.05) is 26.7 Å². The minimum atomic E-state index is -1.13. The second-order valence-corrected chi connectivity index (χ2v) is 9.22. The summed E-state index contributed by atoms with van der Waals surface area (Å²) in [7, 11) is 1.59. The number of hydrogen-bond donors (Lipinski definition) is 1. The number of aromatic nitrogens is 1. The molecule has 4 rings (SSSR count). The van der Waals surface area contributed by atoms with Gasteiger partial charge in [-0.2, -0.15) is 0 Å². The van der Waals surface area contributed by atoms with E-state index in [-0.39, 0.29) is 18.3 Å². The largest absolute Gasteiger partial charge is 0.497 e. The first kappa shape index (κ1) is 24.2. The number of carbonyl (C=O) groups is 1. The first-order valence-corrected chi connectivity index (χ1v) is 12.1. The van der Waals surface area contributed by atoms with Crippen molar-refractivity contribution in [2.24, 2.45) is 11.8 Å². The standard InChI is InChI=1S/C27H33FN2O4/c1-33-22-7-9-26-24(17-22)23(10-12-29-26)25(28)8-6-19-11-14-30(18-20(19)16-27(31)32)13-2-4-21-5-3-15-34-21/h3,5,7,9-10,12,15,17,19-20,25H,2,4,6,8,11,13-14,16,18H2,1H3,(H,31,32)/t19-,20+,25+/m1/s1. The van der Waals surface area contributed by atoms with Crippen LogP contribution in [-0.2, 0) is 11.2 Å². The number of likely N-dealkylation sites (tertiary alicyclic amines) is 1. The summed E-state index contributed by atoms with van der Waals surface area (Å²) >= 11 is 0. The second kappa shape index (κ2) is 11.5. The van der Waals surface area contributed by atoms with Crippen LogP contribution in [0, 0.1) is 11.8 Å². The van der Waals surface area contributed by atoms with E-state index in [0.29, 0.717) is 24.2 Å². The molecule has 3 heterocycles. The highest BCUT2D eigenvalue weighted by Gasteiger charge is 2.31. The lowest BCUT2D eigenvalue weighted by molar-refractivity contribution is -0.139. The Morgan fingerprint density at radius 1 is 1.32 bits per heavy atom. The quantitative estimate of drug-likeness (QED) is 0.391. The van der Waals surface area contributed by atoms with E-state index in [1.54, 1.807) is 25.6 Å². The maximum absolute atomic E-state index is 15.4. The Morgan fingerprint density at radius 3 is 2.97 bits per heavy atom. The Morgan fingerprint density at radius 2 is 2.21 bits per heavy atom. The number of alkyl halides is 1. The molecule has 1 saturated heterocycles. The van der Waals surface area contributed by atoms with Crippen LogP contribution in [0.3, 0.4) is 0 Å². The van der Waals surface area contributed by atoms with Gasteiger partial charge >= 0.3 is 5.97 Å². The number of fused-ring (bicyclic) bond motifs is 1. The second-order valence-electron chi connectivity index (χ2n) is 9.22. The summed E-state index contributed by atoms with van der Waals surface area (Å²) in [6.45, 7) is 2.59. The van der Waals surface area contributed by atoms with Gasteiger partial charge in [-0.1, -0.05) is 0 Å². The van der Waals surface area contributed by atoms with E-state index in [1.807, 2.05) is 30.3 Å². The van der Waals surface area contributed by atoms with Crippen LogP contribution in [0.15, 0.2) is 53.3 Å². The molecule has 1 N–H and O–H groups in total. The molecule has 0 amide bonds. The highest BCUT2D eigenvalue weighted by atomic mass is 19.1. The van der Waals surface area contributed by atoms with Gasteiger partial charge in [-0.3, -0.25) is 9.78 Å². The van der Waals surface area contributed by atoms with E-state index < -0.39 is 12.1 Å². The third-order valence-electron chi connectivity index (χ3n) is 7.00. The number of methoxy groups -OCH3 is 1. The molecule has 0 radical (unpaired) electrons. The van der Waals surface area contributed by atoms with Gasteiger partial charge in [0.2, 0.25) is 0 Å². The first-order valence-electron chi connectivity index (χ1n) is 12.1. The normalized spacial score (nSPS) is 19.8. The Balaban J connectivity index is 1.35. The van der Waals surface area contributed by atoms with Crippen molar-refractivity contribution in [3.05, 3.63) is 60.2 Å². The van der Waals surface area contributed by atoms with Crippen LogP contribution in [0.2, 0.25) is 0 Å². The fourth-order valence-electron chi connectivity index (χ4n) is 5.19. The number of ether oxygens (including phenoxy) is 1. The Bertz CT molecular complexity index is 1070. The summed E-state index contributed by atoms with van der Waals surface area (Å²) in [5.41, 5.74) is 1.36. The molecule has 182 valence electrons. The van der Waals surface area contributed by atoms with Crippen LogP contribution in [0.4, 0.5) is 4.39 Å². The van der Waals surface area contributed by atoms with Gasteiger partial charge in [0, 0.05) is 31.0 Å². The van der Waals surface area contributed by atoms with Crippen molar-refractivity contribution in [1.82, 2.24) is 9.88 Å². The predicted molar refractivity (Wildman–Crippen MR) is 129 cm³/mol. The molecule has 0 bridgehead atoms. The minimum absolute atomic E-state index is 0.0383. The maximum Gasteiger partial charge on any atom is 0.303 e. The van der Waals surface area contributed by atoms with Crippen molar-refractivity contribution in [3.63, 3.8) is 0 Å². The van der Waals surface area contributed by atoms with Gasteiger partial charge in [0.1, 0.15) is 17.7 Å². The summed E-state index contributed by atoms with van der Waals surface area (Å²) in [5.74, 6) is 1.12. The molecule has 7 heteroatoms. The van der Waals surface area contributed by atoms with Gasteiger partial charge in [-0.15, -0.1) is 0 Å². The maximum atomic E-state index is 15.4. The van der Waals surface area contributed by atoms with E-state index in [2.05, 4.69) is 9.88 Å². The van der Waals surface area contributed by atoms with Gasteiger partial charge in [0.05, 0.1) is 18.9 Å². The molecule has 3 atom stereocenters. The lowest BCUT2D eigenvalue weighted by Crippen LogP contribution is -2.42. The molecule has 0 aliphatic carbocycles. The molecule has 0 spiro atoms. The highest BCUT2D eigenvalue weighted by Crippen LogP contribution is 2.36. The number of aliphatic carboxylic acids is 1. The van der Waals surface area contributed by atoms with Crippen molar-refractivity contribution in [2.45, 2.75) is 44.7 Å². The number of aryl methyl sites for hydroxylation is 1. The zero-order valence-electron chi connectivity index (χ0n) is 19.7. The number of carboxylic acids is 1. The molecule has 0 unspecified atom stereocenters. The average molecular weight is 469 g/mol. The van der Waals surface area contributed by atoms with Gasteiger partial charge in [-0.25, -0.2) is 4.39 Å². The molecule has 34 heavy (non-hydrogen) atoms. The smallest absolute Gasteiger partial charge is 0.303 e. The molecule has 1 aliphatic rings. The van der Waals surface area contributed by atoms with Crippen molar-refractivity contribution >= 4 is 16.9 Å². The van der Waals surface area contributed by atoms with Crippen LogP contribution in [0.25, 0.3) is 10.9 Å². The van der Waals surface area contributed by atoms with E-state index in [4.69, 9.17) is 9.15 Å². The topological polar surface area (TPSA) is 75.8 Å². The van der Waals surface area contributed by atoms with Crippen molar-refractivity contribution in [1.29, 1.82) is 0 Å². The van der Waals surface area contributed by atoms with Crippen molar-refractivity contribution in [3.8, 4) is 5.75 Å². The number of carboxylic acid groups (broad SMARTS) is 1. The summed E-state index contributed by atoms with van der Waals surface area (Å²) < 4.78 is 26.1. The summed E-state index contributed by atoms with van der Waals surface area (Å²) in [5, 5.41) is 10.2. The Labute approximate surface area is 199 Å². The van der Waals surface area contributed by atoms with E-state index >= 15 is 4.39 Å². The van der Waals surface area contributed by atoms with Crippen LogP contribution in [0.5, 0.6) is 5.75 Å². The molecule has 1 aromatic carbocycles. The number of halogens is 1. The lowest BCUT2D eigenvalue weighted by atomic mass is 9.79. The molecule has 6 nitrogen and oxygen atoms in total. The minimum Gasteiger partial charge on any atom is -0.497 e. The molecule has 1 aliphatic heterocycles. The molecule has 1 fully saturated rings. The monoisotopic (exact) mass is 468 g/mol. The fraction of sp³-hybridized carbons (Fsp3) is 0.481. The molecule has 2 aromatic heterocycles. The third kappa shape index (κ3) is 6.14. The third-order valence-corrected chi connectivity index (χ3v) is 7.00. The lowest BCUT2D eigenvalue weighted by Gasteiger charge is -2.38. The van der Waals surface area contributed by atoms with Gasteiger partial charge < -0.3 is 19.2 Å². The number of pyridine rings is 1. The Hall–Kier alpha value is -2.93. The zero-order chi connectivity index (χ0) is 23.9. The molecule has 3 aromatic rings. The molecular weight excluding hydrogens is 435 g/mol. The van der Waals surface area contributed by atoms with Crippen LogP contribution in [0.1, 0.15) is 49.6 Å². The first-order chi connectivity index (χ1) is 16.5. The van der Waals surface area contributed by atoms with Crippen molar-refractivity contribution < 1.29 is 23.4 Å². The number of nitrogens with zero attached hydrogens (tertiary/aromatic N) is 2. The average Bonchev–Trinajstić information content (AvgIpc) is 3.36. The zero-order valence-corrected chi connectivity index (χ0v) is 19.7. The van der Waals surface area contributed by atoms with Gasteiger partial charge in [0.15, 0.2) is 0 Å². The number of piperidine rings is 1. The predicted octanol–water partition coefficient (Wildman–Crippen LogP) is 5.67. The summed E-state index contributed by atoms with van der Waals surface area (Å²) in [6, 6.07) is 11.1.